The molecule has 1 aliphatic rings. The van der Waals surface area contributed by atoms with Crippen molar-refractivity contribution in [1.82, 2.24) is 5.01 Å². The molecule has 0 unspecified atom stereocenters. The van der Waals surface area contributed by atoms with Crippen LogP contribution in [-0.4, -0.2) is 28.1 Å². The lowest BCUT2D eigenvalue weighted by Crippen LogP contribution is -2.23. The molecule has 2 rings (SSSR count). The quantitative estimate of drug-likeness (QED) is 0.785. The summed E-state index contributed by atoms with van der Waals surface area (Å²) in [6, 6.07) is 7.85. The van der Waals surface area contributed by atoms with E-state index in [-0.39, 0.29) is 5.91 Å². The van der Waals surface area contributed by atoms with Crippen molar-refractivity contribution in [1.29, 1.82) is 0 Å². The minimum atomic E-state index is -0.0166. The molecule has 0 atom stereocenters. The molecule has 1 heterocycles. The van der Waals surface area contributed by atoms with Crippen molar-refractivity contribution in [2.24, 2.45) is 10.1 Å². The number of rotatable bonds is 3. The topological polar surface area (TPSA) is 45.0 Å². The number of carbonyl (C=O) groups excluding carboxylic acids is 1. The van der Waals surface area contributed by atoms with Gasteiger partial charge >= 0.3 is 0 Å². The van der Waals surface area contributed by atoms with Gasteiger partial charge in [0.25, 0.3) is 5.91 Å². The number of hydrazone groups is 1. The van der Waals surface area contributed by atoms with Crippen molar-refractivity contribution >= 4 is 34.7 Å². The van der Waals surface area contributed by atoms with Gasteiger partial charge in [-0.05, 0) is 25.0 Å². The second-order valence-electron chi connectivity index (χ2n) is 3.88. The molecule has 94 valence electrons. The summed E-state index contributed by atoms with van der Waals surface area (Å²) in [6.07, 6.45) is 2.52. The Kier molecular flexibility index (Phi) is 4.15. The van der Waals surface area contributed by atoms with Crippen LogP contribution in [0.5, 0.6) is 0 Å². The van der Waals surface area contributed by atoms with E-state index >= 15 is 0 Å². The molecule has 0 aliphatic carbocycles. The zero-order valence-electron chi connectivity index (χ0n) is 10.5. The van der Waals surface area contributed by atoms with Gasteiger partial charge in [0.2, 0.25) is 0 Å². The first-order valence-corrected chi connectivity index (χ1v) is 6.83. The fraction of sp³-hybridized carbons (Fsp3) is 0.308. The van der Waals surface area contributed by atoms with Crippen LogP contribution < -0.4 is 0 Å². The third-order valence-electron chi connectivity index (χ3n) is 2.45. The number of hydrogen-bond acceptors (Lipinski definition) is 4. The highest BCUT2D eigenvalue weighted by molar-refractivity contribution is 8.15. The maximum atomic E-state index is 11.7. The summed E-state index contributed by atoms with van der Waals surface area (Å²) in [5.74, 6) is 0.392. The zero-order chi connectivity index (χ0) is 13.0. The van der Waals surface area contributed by atoms with E-state index in [2.05, 4.69) is 10.1 Å². The van der Waals surface area contributed by atoms with E-state index in [0.29, 0.717) is 10.9 Å². The first-order valence-electron chi connectivity index (χ1n) is 5.85. The summed E-state index contributed by atoms with van der Waals surface area (Å²) >= 11 is 1.43. The number of hydrogen-bond donors (Lipinski definition) is 0. The largest absolute Gasteiger partial charge is 0.271 e. The molecule has 1 saturated heterocycles. The van der Waals surface area contributed by atoms with Gasteiger partial charge in [-0.15, -0.1) is 0 Å². The smallest absolute Gasteiger partial charge is 0.259 e. The maximum Gasteiger partial charge on any atom is 0.259 e. The van der Waals surface area contributed by atoms with E-state index in [1.165, 1.54) is 16.8 Å². The van der Waals surface area contributed by atoms with Crippen LogP contribution in [0, 0.1) is 6.92 Å². The van der Waals surface area contributed by atoms with E-state index in [4.69, 9.17) is 0 Å². The molecule has 1 aromatic carbocycles. The Morgan fingerprint density at radius 2 is 2.22 bits per heavy atom. The molecular formula is C13H15N3OS. The highest BCUT2D eigenvalue weighted by Crippen LogP contribution is 2.25. The van der Waals surface area contributed by atoms with Crippen molar-refractivity contribution < 1.29 is 4.79 Å². The monoisotopic (exact) mass is 261 g/mol. The van der Waals surface area contributed by atoms with Crippen LogP contribution in [0.4, 0.5) is 5.69 Å². The van der Waals surface area contributed by atoms with Crippen LogP contribution in [0.3, 0.4) is 0 Å². The molecule has 1 aromatic rings. The minimum absolute atomic E-state index is 0.0166. The minimum Gasteiger partial charge on any atom is -0.271 e. The maximum absolute atomic E-state index is 11.7. The third kappa shape index (κ3) is 2.79. The summed E-state index contributed by atoms with van der Waals surface area (Å²) in [5.41, 5.74) is 1.97. The Morgan fingerprint density at radius 1 is 1.44 bits per heavy atom. The fourth-order valence-corrected chi connectivity index (χ4v) is 2.31. The van der Waals surface area contributed by atoms with Crippen LogP contribution in [-0.2, 0) is 4.79 Å². The van der Waals surface area contributed by atoms with Gasteiger partial charge < -0.3 is 0 Å². The van der Waals surface area contributed by atoms with Gasteiger partial charge in [0.1, 0.15) is 0 Å². The molecule has 1 fully saturated rings. The average molecular weight is 261 g/mol. The van der Waals surface area contributed by atoms with Gasteiger partial charge in [-0.1, -0.05) is 36.9 Å². The number of aliphatic imine (C=N–C) groups is 1. The Bertz CT molecular complexity index is 511. The Labute approximate surface area is 111 Å². The molecule has 0 aromatic heterocycles. The number of benzene rings is 1. The lowest BCUT2D eigenvalue weighted by atomic mass is 10.2. The van der Waals surface area contributed by atoms with Crippen LogP contribution >= 0.6 is 11.8 Å². The van der Waals surface area contributed by atoms with Crippen molar-refractivity contribution in [3.05, 3.63) is 29.8 Å². The van der Waals surface area contributed by atoms with Crippen LogP contribution in [0.25, 0.3) is 0 Å². The van der Waals surface area contributed by atoms with E-state index < -0.39 is 0 Å². The highest BCUT2D eigenvalue weighted by Gasteiger charge is 2.27. The molecule has 5 heteroatoms. The van der Waals surface area contributed by atoms with Crippen molar-refractivity contribution in [2.75, 3.05) is 5.75 Å². The Balaban J connectivity index is 2.29. The Hall–Kier alpha value is -1.62. The predicted octanol–water partition coefficient (Wildman–Crippen LogP) is 2.95. The summed E-state index contributed by atoms with van der Waals surface area (Å²) < 4.78 is 0. The zero-order valence-corrected chi connectivity index (χ0v) is 11.3. The number of para-hydroxylation sites is 1. The standard InChI is InChI=1S/C13H15N3OS/c1-3-8-14-16-12(17)9-18-13(16)15-11-7-5-4-6-10(11)2/h4-8H,3,9H2,1-2H3/b14-8+,15-13?. The second-order valence-corrected chi connectivity index (χ2v) is 4.82. The van der Waals surface area contributed by atoms with E-state index in [0.717, 1.165) is 17.7 Å². The van der Waals surface area contributed by atoms with Crippen molar-refractivity contribution in [2.45, 2.75) is 20.3 Å². The summed E-state index contributed by atoms with van der Waals surface area (Å²) in [4.78, 5) is 16.2. The number of nitrogens with zero attached hydrogens (tertiary/aromatic N) is 3. The summed E-state index contributed by atoms with van der Waals surface area (Å²) in [7, 11) is 0. The number of amidine groups is 1. The average Bonchev–Trinajstić information content (AvgIpc) is 2.71. The molecule has 0 radical (unpaired) electrons. The van der Waals surface area contributed by atoms with Crippen molar-refractivity contribution in [3.8, 4) is 0 Å². The van der Waals surface area contributed by atoms with Gasteiger partial charge in [0, 0.05) is 6.21 Å². The second kappa shape index (κ2) is 5.82. The van der Waals surface area contributed by atoms with Crippen LogP contribution in [0.15, 0.2) is 34.4 Å². The number of amides is 1. The normalized spacial score (nSPS) is 18.2. The molecule has 4 nitrogen and oxygen atoms in total. The summed E-state index contributed by atoms with van der Waals surface area (Å²) in [6.45, 7) is 3.98. The van der Waals surface area contributed by atoms with Crippen LogP contribution in [0.2, 0.25) is 0 Å². The molecule has 0 N–H and O–H groups in total. The molecule has 0 saturated carbocycles. The number of carbonyl (C=O) groups is 1. The lowest BCUT2D eigenvalue weighted by Gasteiger charge is -2.09. The third-order valence-corrected chi connectivity index (χ3v) is 3.37. The highest BCUT2D eigenvalue weighted by atomic mass is 32.2. The molecule has 0 spiro atoms. The van der Waals surface area contributed by atoms with Crippen molar-refractivity contribution in [3.63, 3.8) is 0 Å². The first-order chi connectivity index (χ1) is 8.72. The van der Waals surface area contributed by atoms with E-state index in [9.17, 15) is 4.79 Å². The van der Waals surface area contributed by atoms with Gasteiger partial charge in [-0.3, -0.25) is 4.79 Å². The Morgan fingerprint density at radius 3 is 2.94 bits per heavy atom. The number of aryl methyl sites for hydroxylation is 1. The molecule has 1 aliphatic heterocycles. The molecule has 18 heavy (non-hydrogen) atoms. The van der Waals surface area contributed by atoms with Gasteiger partial charge in [-0.2, -0.15) is 10.1 Å². The van der Waals surface area contributed by atoms with E-state index in [1.54, 1.807) is 6.21 Å². The lowest BCUT2D eigenvalue weighted by molar-refractivity contribution is -0.124. The molecule has 0 bridgehead atoms. The molecular weight excluding hydrogens is 246 g/mol. The van der Waals surface area contributed by atoms with Gasteiger partial charge in [-0.25, -0.2) is 4.99 Å². The molecule has 1 amide bonds. The predicted molar refractivity (Wildman–Crippen MR) is 76.4 cm³/mol. The van der Waals surface area contributed by atoms with Gasteiger partial charge in [0.15, 0.2) is 5.17 Å². The fourth-order valence-electron chi connectivity index (χ4n) is 1.50. The summed E-state index contributed by atoms with van der Waals surface area (Å²) in [5, 5.41) is 6.18. The number of thioether (sulfide) groups is 1. The first kappa shape index (κ1) is 12.8. The SMILES string of the molecule is CC/C=N/N1C(=O)CSC1=Nc1ccccc1C. The van der Waals surface area contributed by atoms with Gasteiger partial charge in [0.05, 0.1) is 11.4 Å². The van der Waals surface area contributed by atoms with E-state index in [1.807, 2.05) is 38.1 Å². The van der Waals surface area contributed by atoms with Crippen LogP contribution in [0.1, 0.15) is 18.9 Å².